The Morgan fingerprint density at radius 2 is 1.91 bits per heavy atom. The van der Waals surface area contributed by atoms with E-state index >= 15 is 0 Å². The molecule has 1 saturated heterocycles. The molecular weight excluding hydrogens is 490 g/mol. The third-order valence-electron chi connectivity index (χ3n) is 5.58. The van der Waals surface area contributed by atoms with E-state index in [4.69, 9.17) is 16.3 Å². The first-order valence-electron chi connectivity index (χ1n) is 11.3. The second kappa shape index (κ2) is 10.3. The van der Waals surface area contributed by atoms with Crippen molar-refractivity contribution >= 4 is 40.6 Å². The van der Waals surface area contributed by atoms with E-state index in [-0.39, 0.29) is 23.9 Å². The Kier molecular flexibility index (Phi) is 7.44. The van der Waals surface area contributed by atoms with E-state index in [9.17, 15) is 14.4 Å². The highest BCUT2D eigenvalue weighted by Gasteiger charge is 2.27. The maximum atomic E-state index is 13.1. The Labute approximate surface area is 212 Å². The van der Waals surface area contributed by atoms with Crippen LogP contribution in [0.3, 0.4) is 0 Å². The number of nitrogens with one attached hydrogen (secondary N) is 1. The molecule has 1 N–H and O–H groups in total. The molecule has 11 heteroatoms. The number of thiophene rings is 1. The van der Waals surface area contributed by atoms with Crippen molar-refractivity contribution in [2.75, 3.05) is 31.6 Å². The standard InChI is InChI=1S/C24H28ClN5O4S/c1-24(2,3)23(33)30-20(26-14-17-4-5-19(25)35-17)13-18(27-30)16-6-7-29(21(31)12-16)15-22(32)28-8-10-34-11-9-28/h4-7,12-13,26H,8-11,14-15H2,1-3H3. The van der Waals surface area contributed by atoms with Gasteiger partial charge in [0, 0.05) is 47.3 Å². The van der Waals surface area contributed by atoms with Crippen LogP contribution in [0.4, 0.5) is 5.82 Å². The summed E-state index contributed by atoms with van der Waals surface area (Å²) >= 11 is 7.48. The highest BCUT2D eigenvalue weighted by Crippen LogP contribution is 2.27. The topological polar surface area (TPSA) is 98.5 Å². The zero-order valence-electron chi connectivity index (χ0n) is 19.9. The molecule has 0 radical (unpaired) electrons. The fourth-order valence-electron chi connectivity index (χ4n) is 3.60. The number of ether oxygens (including phenoxy) is 1. The summed E-state index contributed by atoms with van der Waals surface area (Å²) in [6.07, 6.45) is 1.58. The van der Waals surface area contributed by atoms with Gasteiger partial charge in [0.2, 0.25) is 5.91 Å². The van der Waals surface area contributed by atoms with Crippen LogP contribution in [0.1, 0.15) is 30.4 Å². The molecule has 1 aliphatic heterocycles. The highest BCUT2D eigenvalue weighted by atomic mass is 35.5. The number of carbonyl (C=O) groups excluding carboxylic acids is 2. The van der Waals surface area contributed by atoms with Crippen LogP contribution < -0.4 is 10.9 Å². The van der Waals surface area contributed by atoms with E-state index in [0.717, 1.165) is 4.88 Å². The van der Waals surface area contributed by atoms with Gasteiger partial charge in [-0.15, -0.1) is 11.3 Å². The molecule has 0 atom stereocenters. The molecule has 1 fully saturated rings. The van der Waals surface area contributed by atoms with Crippen molar-refractivity contribution in [2.45, 2.75) is 33.9 Å². The van der Waals surface area contributed by atoms with Crippen molar-refractivity contribution in [3.05, 3.63) is 56.1 Å². The number of carbonyl (C=O) groups is 2. The van der Waals surface area contributed by atoms with Crippen molar-refractivity contribution in [3.8, 4) is 11.3 Å². The average Bonchev–Trinajstić information content (AvgIpc) is 3.44. The first-order valence-corrected chi connectivity index (χ1v) is 12.5. The SMILES string of the molecule is CC(C)(C)C(=O)n1nc(-c2ccn(CC(=O)N3CCOCC3)c(=O)c2)cc1NCc1ccc(Cl)s1. The molecule has 0 spiro atoms. The average molecular weight is 518 g/mol. The Morgan fingerprint density at radius 3 is 2.54 bits per heavy atom. The summed E-state index contributed by atoms with van der Waals surface area (Å²) in [5.41, 5.74) is 0.0734. The van der Waals surface area contributed by atoms with Crippen LogP contribution in [0.5, 0.6) is 0 Å². The molecule has 9 nitrogen and oxygen atoms in total. The van der Waals surface area contributed by atoms with E-state index in [1.54, 1.807) is 23.2 Å². The molecular formula is C24H28ClN5O4S. The van der Waals surface area contributed by atoms with Crippen LogP contribution in [-0.4, -0.2) is 57.4 Å². The summed E-state index contributed by atoms with van der Waals surface area (Å²) < 4.78 is 8.68. The summed E-state index contributed by atoms with van der Waals surface area (Å²) in [6.45, 7) is 7.98. The van der Waals surface area contributed by atoms with Gasteiger partial charge in [-0.2, -0.15) is 9.78 Å². The lowest BCUT2D eigenvalue weighted by Crippen LogP contribution is -2.43. The molecule has 4 rings (SSSR count). The Hall–Kier alpha value is -2.95. The summed E-state index contributed by atoms with van der Waals surface area (Å²) in [5.74, 6) is 0.222. The number of hydrogen-bond acceptors (Lipinski definition) is 7. The number of nitrogens with zero attached hydrogens (tertiary/aromatic N) is 4. The van der Waals surface area contributed by atoms with Gasteiger partial charge < -0.3 is 19.5 Å². The number of rotatable bonds is 6. The predicted molar refractivity (Wildman–Crippen MR) is 136 cm³/mol. The van der Waals surface area contributed by atoms with Crippen LogP contribution in [0, 0.1) is 5.41 Å². The first kappa shape index (κ1) is 25.2. The summed E-state index contributed by atoms with van der Waals surface area (Å²) in [5, 5.41) is 7.78. The third-order valence-corrected chi connectivity index (χ3v) is 6.81. The second-order valence-electron chi connectivity index (χ2n) is 9.32. The van der Waals surface area contributed by atoms with Crippen molar-refractivity contribution < 1.29 is 14.3 Å². The first-order chi connectivity index (χ1) is 16.6. The van der Waals surface area contributed by atoms with Gasteiger partial charge in [0.05, 0.1) is 29.8 Å². The van der Waals surface area contributed by atoms with Crippen molar-refractivity contribution in [1.82, 2.24) is 19.2 Å². The maximum Gasteiger partial charge on any atom is 0.254 e. The largest absolute Gasteiger partial charge is 0.378 e. The molecule has 186 valence electrons. The minimum absolute atomic E-state index is 0.0355. The second-order valence-corrected chi connectivity index (χ2v) is 11.1. The number of halogens is 1. The van der Waals surface area contributed by atoms with E-state index < -0.39 is 5.41 Å². The van der Waals surface area contributed by atoms with E-state index in [0.29, 0.717) is 54.3 Å². The molecule has 35 heavy (non-hydrogen) atoms. The lowest BCUT2D eigenvalue weighted by Gasteiger charge is -2.27. The minimum Gasteiger partial charge on any atom is -0.378 e. The summed E-state index contributed by atoms with van der Waals surface area (Å²) in [7, 11) is 0. The van der Waals surface area contributed by atoms with Gasteiger partial charge in [-0.05, 0) is 18.2 Å². The van der Waals surface area contributed by atoms with Crippen LogP contribution >= 0.6 is 22.9 Å². The van der Waals surface area contributed by atoms with Gasteiger partial charge in [0.15, 0.2) is 0 Å². The fraction of sp³-hybridized carbons (Fsp3) is 0.417. The molecule has 0 aromatic carbocycles. The normalized spacial score (nSPS) is 14.2. The monoisotopic (exact) mass is 517 g/mol. The molecule has 0 unspecified atom stereocenters. The number of hydrogen-bond donors (Lipinski definition) is 1. The molecule has 3 aromatic heterocycles. The van der Waals surface area contributed by atoms with E-state index in [2.05, 4.69) is 10.4 Å². The molecule has 0 bridgehead atoms. The van der Waals surface area contributed by atoms with E-state index in [1.807, 2.05) is 32.9 Å². The maximum absolute atomic E-state index is 13.1. The molecule has 1 amide bonds. The number of aromatic nitrogens is 3. The van der Waals surface area contributed by atoms with Gasteiger partial charge in [0.1, 0.15) is 12.4 Å². The number of amides is 1. The van der Waals surface area contributed by atoms with E-state index in [1.165, 1.54) is 26.7 Å². The quantitative estimate of drug-likeness (QED) is 0.536. The molecule has 0 saturated carbocycles. The smallest absolute Gasteiger partial charge is 0.254 e. The number of anilines is 1. The van der Waals surface area contributed by atoms with Gasteiger partial charge in [-0.25, -0.2) is 0 Å². The molecule has 4 heterocycles. The highest BCUT2D eigenvalue weighted by molar-refractivity contribution is 7.16. The van der Waals surface area contributed by atoms with Gasteiger partial charge >= 0.3 is 0 Å². The number of pyridine rings is 1. The third kappa shape index (κ3) is 6.01. The van der Waals surface area contributed by atoms with Crippen LogP contribution in [-0.2, 0) is 22.6 Å². The fourth-order valence-corrected chi connectivity index (χ4v) is 4.63. The van der Waals surface area contributed by atoms with Gasteiger partial charge in [0.25, 0.3) is 11.5 Å². The van der Waals surface area contributed by atoms with Crippen LogP contribution in [0.25, 0.3) is 11.3 Å². The van der Waals surface area contributed by atoms with Crippen LogP contribution in [0.15, 0.2) is 41.3 Å². The summed E-state index contributed by atoms with van der Waals surface area (Å²) in [6, 6.07) is 8.65. The van der Waals surface area contributed by atoms with Gasteiger partial charge in [-0.1, -0.05) is 32.4 Å². The summed E-state index contributed by atoms with van der Waals surface area (Å²) in [4.78, 5) is 41.1. The zero-order chi connectivity index (χ0) is 25.2. The number of morpholine rings is 1. The molecule has 3 aromatic rings. The molecule has 0 aliphatic carbocycles. The lowest BCUT2D eigenvalue weighted by molar-refractivity contribution is -0.135. The Balaban J connectivity index is 1.57. The Morgan fingerprint density at radius 1 is 1.17 bits per heavy atom. The van der Waals surface area contributed by atoms with Crippen molar-refractivity contribution in [3.63, 3.8) is 0 Å². The lowest BCUT2D eigenvalue weighted by atomic mass is 9.96. The zero-order valence-corrected chi connectivity index (χ0v) is 21.5. The van der Waals surface area contributed by atoms with Crippen molar-refractivity contribution in [1.29, 1.82) is 0 Å². The van der Waals surface area contributed by atoms with Crippen LogP contribution in [0.2, 0.25) is 4.34 Å². The predicted octanol–water partition coefficient (Wildman–Crippen LogP) is 3.58. The Bertz CT molecular complexity index is 1280. The van der Waals surface area contributed by atoms with Crippen molar-refractivity contribution in [2.24, 2.45) is 5.41 Å². The molecule has 1 aliphatic rings. The van der Waals surface area contributed by atoms with Gasteiger partial charge in [-0.3, -0.25) is 14.4 Å². The minimum atomic E-state index is -0.658.